The molecule has 0 bridgehead atoms. The van der Waals surface area contributed by atoms with E-state index < -0.39 is 38.6 Å². The summed E-state index contributed by atoms with van der Waals surface area (Å²) in [5, 5.41) is 9.47. The number of ether oxygens (including phenoxy) is 1. The number of hydrogen-bond donors (Lipinski definition) is 3. The molecule has 30 heavy (non-hydrogen) atoms. The molecular weight excluding hydrogens is 410 g/mol. The first kappa shape index (κ1) is 29.2. The second kappa shape index (κ2) is 19.0. The summed E-state index contributed by atoms with van der Waals surface area (Å²) >= 11 is 0. The fourth-order valence-electron chi connectivity index (χ4n) is 3.03. The molecule has 0 aliphatic heterocycles. The van der Waals surface area contributed by atoms with Crippen LogP contribution < -0.4 is 0 Å². The third-order valence-corrected chi connectivity index (χ3v) is 5.85. The van der Waals surface area contributed by atoms with Crippen molar-refractivity contribution in [1.29, 1.82) is 0 Å². The van der Waals surface area contributed by atoms with Gasteiger partial charge in [-0.15, -0.1) is 0 Å². The third-order valence-electron chi connectivity index (χ3n) is 4.91. The Morgan fingerprint density at radius 2 is 1.43 bits per heavy atom. The van der Waals surface area contributed by atoms with Crippen LogP contribution in [0.1, 0.15) is 103 Å². The minimum absolute atomic E-state index is 0.225. The fourth-order valence-corrected chi connectivity index (χ4v) is 3.55. The number of unbranched alkanes of at least 4 members (excludes halogenated alkanes) is 11. The van der Waals surface area contributed by atoms with E-state index in [0.29, 0.717) is 6.42 Å². The Balaban J connectivity index is 3.46. The van der Waals surface area contributed by atoms with Gasteiger partial charge < -0.3 is 19.6 Å². The lowest BCUT2D eigenvalue weighted by Gasteiger charge is -2.15. The van der Waals surface area contributed by atoms with Crippen molar-refractivity contribution in [2.45, 2.75) is 115 Å². The number of carbonyl (C=O) groups excluding carboxylic acids is 1. The Bertz CT molecular complexity index is 494. The number of esters is 1. The largest absolute Gasteiger partial charge is 0.463 e. The zero-order valence-corrected chi connectivity index (χ0v) is 19.4. The molecule has 0 aromatic heterocycles. The van der Waals surface area contributed by atoms with Crippen LogP contribution in [0.15, 0.2) is 12.2 Å². The van der Waals surface area contributed by atoms with Gasteiger partial charge in [-0.1, -0.05) is 70.4 Å². The molecule has 0 saturated carbocycles. The van der Waals surface area contributed by atoms with Crippen LogP contribution in [0.3, 0.4) is 0 Å². The number of carbonyl (C=O) groups is 1. The molecule has 0 spiro atoms. The van der Waals surface area contributed by atoms with Gasteiger partial charge in [-0.25, -0.2) is 4.39 Å². The Labute approximate surface area is 181 Å². The summed E-state index contributed by atoms with van der Waals surface area (Å²) < 4.78 is 28.6. The smallest absolute Gasteiger partial charge is 0.359 e. The maximum Gasteiger partial charge on any atom is 0.359 e. The van der Waals surface area contributed by atoms with E-state index >= 15 is 0 Å². The van der Waals surface area contributed by atoms with E-state index in [9.17, 15) is 18.9 Å². The van der Waals surface area contributed by atoms with E-state index in [4.69, 9.17) is 14.5 Å². The molecule has 0 aromatic rings. The van der Waals surface area contributed by atoms with Gasteiger partial charge in [0.25, 0.3) is 0 Å². The third kappa shape index (κ3) is 19.2. The topological polar surface area (TPSA) is 104 Å². The highest BCUT2D eigenvalue weighted by molar-refractivity contribution is 7.52. The summed E-state index contributed by atoms with van der Waals surface area (Å²) in [6.07, 6.45) is 17.8. The summed E-state index contributed by atoms with van der Waals surface area (Å²) in [5.74, 6) is -2.94. The number of allylic oxidation sites excluding steroid dienone is 2. The summed E-state index contributed by atoms with van der Waals surface area (Å²) in [6.45, 7) is 1.78. The van der Waals surface area contributed by atoms with Crippen LogP contribution in [0, 0.1) is 0 Å². The Morgan fingerprint density at radius 3 is 1.97 bits per heavy atom. The Morgan fingerprint density at radius 1 is 0.933 bits per heavy atom. The molecule has 0 rings (SSSR count). The highest BCUT2D eigenvalue weighted by Crippen LogP contribution is 2.44. The minimum atomic E-state index is -4.88. The van der Waals surface area contributed by atoms with Gasteiger partial charge in [0.15, 0.2) is 0 Å². The molecule has 3 N–H and O–H groups in total. The number of aliphatic hydroxyl groups excluding tert-OH is 1. The normalized spacial score (nSPS) is 14.2. The maximum absolute atomic E-state index is 13.1. The summed E-state index contributed by atoms with van der Waals surface area (Å²) in [5.41, 5.74) is 0. The lowest BCUT2D eigenvalue weighted by Crippen LogP contribution is -2.22. The summed E-state index contributed by atoms with van der Waals surface area (Å²) in [6, 6.07) is 0. The molecule has 2 atom stereocenters. The molecule has 0 radical (unpaired) electrons. The van der Waals surface area contributed by atoms with Gasteiger partial charge in [0.2, 0.25) is 5.91 Å². The van der Waals surface area contributed by atoms with Crippen molar-refractivity contribution in [3.63, 3.8) is 0 Å². The number of rotatable bonds is 20. The number of alkyl halides is 1. The zero-order chi connectivity index (χ0) is 22.7. The minimum Gasteiger partial charge on any atom is -0.463 e. The van der Waals surface area contributed by atoms with E-state index in [1.807, 2.05) is 0 Å². The molecular formula is C22H42FO6P. The highest BCUT2D eigenvalue weighted by Gasteiger charge is 2.31. The fraction of sp³-hybridized carbons (Fsp3) is 0.864. The van der Waals surface area contributed by atoms with Gasteiger partial charge >= 0.3 is 13.6 Å². The van der Waals surface area contributed by atoms with Gasteiger partial charge in [0, 0.05) is 12.8 Å². The molecule has 0 aromatic carbocycles. The summed E-state index contributed by atoms with van der Waals surface area (Å²) in [4.78, 5) is 28.8. The highest BCUT2D eigenvalue weighted by atomic mass is 31.2. The average molecular weight is 453 g/mol. The second-order valence-corrected chi connectivity index (χ2v) is 9.67. The Hall–Kier alpha value is -0.750. The monoisotopic (exact) mass is 452 g/mol. The second-order valence-electron chi connectivity index (χ2n) is 7.93. The molecule has 0 amide bonds. The number of aliphatic hydroxyl groups is 1. The molecule has 178 valence electrons. The SMILES string of the molecule is CCCCCCCC/C=C\CCCCCCCC(=O)OC[C@@H](O)CC(F)P(=O)(O)O. The van der Waals surface area contributed by atoms with Crippen molar-refractivity contribution >= 4 is 13.6 Å². The van der Waals surface area contributed by atoms with Crippen molar-refractivity contribution in [3.8, 4) is 0 Å². The van der Waals surface area contributed by atoms with Crippen LogP contribution in [0.2, 0.25) is 0 Å². The first-order valence-electron chi connectivity index (χ1n) is 11.4. The van der Waals surface area contributed by atoms with Crippen LogP contribution in [-0.2, 0) is 14.1 Å². The number of halogens is 1. The zero-order valence-electron chi connectivity index (χ0n) is 18.5. The van der Waals surface area contributed by atoms with E-state index in [-0.39, 0.29) is 6.42 Å². The van der Waals surface area contributed by atoms with Crippen molar-refractivity contribution in [2.24, 2.45) is 0 Å². The predicted octanol–water partition coefficient (Wildman–Crippen LogP) is 5.79. The van der Waals surface area contributed by atoms with E-state index in [1.165, 1.54) is 44.9 Å². The van der Waals surface area contributed by atoms with Crippen LogP contribution in [0.4, 0.5) is 4.39 Å². The summed E-state index contributed by atoms with van der Waals surface area (Å²) in [7, 11) is -4.88. The van der Waals surface area contributed by atoms with E-state index in [2.05, 4.69) is 19.1 Å². The predicted molar refractivity (Wildman–Crippen MR) is 118 cm³/mol. The molecule has 0 aliphatic carbocycles. The lowest BCUT2D eigenvalue weighted by molar-refractivity contribution is -0.147. The molecule has 0 fully saturated rings. The van der Waals surface area contributed by atoms with Crippen LogP contribution in [-0.4, -0.2) is 39.5 Å². The van der Waals surface area contributed by atoms with Gasteiger partial charge in [0.1, 0.15) is 6.61 Å². The Kier molecular flexibility index (Phi) is 18.5. The van der Waals surface area contributed by atoms with Gasteiger partial charge in [-0.3, -0.25) is 9.36 Å². The van der Waals surface area contributed by atoms with Gasteiger partial charge in [0.05, 0.1) is 6.10 Å². The maximum atomic E-state index is 13.1. The average Bonchev–Trinajstić information content (AvgIpc) is 2.68. The van der Waals surface area contributed by atoms with Crippen molar-refractivity contribution in [2.75, 3.05) is 6.61 Å². The van der Waals surface area contributed by atoms with Crippen LogP contribution in [0.5, 0.6) is 0 Å². The molecule has 1 unspecified atom stereocenters. The van der Waals surface area contributed by atoms with Crippen molar-refractivity contribution < 1.29 is 33.4 Å². The van der Waals surface area contributed by atoms with E-state index in [1.54, 1.807) is 0 Å². The molecule has 8 heteroatoms. The van der Waals surface area contributed by atoms with Crippen molar-refractivity contribution in [3.05, 3.63) is 12.2 Å². The van der Waals surface area contributed by atoms with E-state index in [0.717, 1.165) is 32.1 Å². The van der Waals surface area contributed by atoms with Crippen molar-refractivity contribution in [1.82, 2.24) is 0 Å². The van der Waals surface area contributed by atoms with Crippen LogP contribution in [0.25, 0.3) is 0 Å². The van der Waals surface area contributed by atoms with Crippen LogP contribution >= 0.6 is 7.60 Å². The lowest BCUT2D eigenvalue weighted by atomic mass is 10.1. The molecule has 0 aliphatic rings. The molecule has 0 heterocycles. The van der Waals surface area contributed by atoms with Gasteiger partial charge in [-0.05, 0) is 32.1 Å². The standard InChI is InChI=1S/C22H42FO6P/c1-2-3-4-5-6-7-8-9-10-11-12-13-14-15-16-17-22(25)29-19-20(24)18-21(23)30(26,27)28/h9-10,20-21,24H,2-8,11-19H2,1H3,(H2,26,27,28)/b10-9-/t20-,21?/m0/s1. The quantitative estimate of drug-likeness (QED) is 0.0934. The first-order chi connectivity index (χ1) is 14.3. The van der Waals surface area contributed by atoms with Gasteiger partial charge in [-0.2, -0.15) is 0 Å². The number of hydrogen-bond acceptors (Lipinski definition) is 4. The first-order valence-corrected chi connectivity index (χ1v) is 13.1. The molecule has 0 saturated heterocycles. The molecule has 6 nitrogen and oxygen atoms in total.